The first-order chi connectivity index (χ1) is 26.3. The topological polar surface area (TPSA) is 140 Å². The lowest BCUT2D eigenvalue weighted by molar-refractivity contribution is -0.158. The minimum Gasteiger partial charge on any atom is -0.454 e. The van der Waals surface area contributed by atoms with Gasteiger partial charge in [-0.3, -0.25) is 14.4 Å². The number of halogens is 4. The van der Waals surface area contributed by atoms with Gasteiger partial charge in [0.25, 0.3) is 5.91 Å². The van der Waals surface area contributed by atoms with Crippen molar-refractivity contribution in [3.8, 4) is 29.1 Å². The van der Waals surface area contributed by atoms with E-state index in [0.717, 1.165) is 31.0 Å². The Morgan fingerprint density at radius 2 is 1.35 bits per heavy atom. The first kappa shape index (κ1) is 38.9. The van der Waals surface area contributed by atoms with Gasteiger partial charge in [0.05, 0.1) is 44.9 Å². The summed E-state index contributed by atoms with van der Waals surface area (Å²) in [5.41, 5.74) is 0.517. The van der Waals surface area contributed by atoms with Crippen molar-refractivity contribution in [2.45, 2.75) is 35.5 Å². The van der Waals surface area contributed by atoms with Crippen LogP contribution in [0, 0.1) is 23.0 Å². The van der Waals surface area contributed by atoms with Crippen molar-refractivity contribution in [3.05, 3.63) is 141 Å². The van der Waals surface area contributed by atoms with Gasteiger partial charge in [0, 0.05) is 24.2 Å². The van der Waals surface area contributed by atoms with Crippen LogP contribution < -0.4 is 9.47 Å². The molecule has 0 atom stereocenters. The molecule has 0 N–H and O–H groups in total. The quantitative estimate of drug-likeness (QED) is 0.0948. The molecule has 280 valence electrons. The second-order valence-electron chi connectivity index (χ2n) is 12.3. The van der Waals surface area contributed by atoms with Crippen LogP contribution in [-0.4, -0.2) is 44.3 Å². The van der Waals surface area contributed by atoms with Crippen LogP contribution in [0.4, 0.5) is 8.78 Å². The first-order valence-corrected chi connectivity index (χ1v) is 18.8. The van der Waals surface area contributed by atoms with Gasteiger partial charge in [0.1, 0.15) is 11.5 Å². The molecule has 55 heavy (non-hydrogen) atoms. The summed E-state index contributed by atoms with van der Waals surface area (Å²) in [5, 5.41) is 9.67. The summed E-state index contributed by atoms with van der Waals surface area (Å²) >= 11 is 12.5. The Morgan fingerprint density at radius 1 is 0.727 bits per heavy atom. The van der Waals surface area contributed by atoms with Crippen molar-refractivity contribution in [1.82, 2.24) is 4.90 Å². The Balaban J connectivity index is 1.09. The molecule has 5 aromatic carbocycles. The fourth-order valence-electron chi connectivity index (χ4n) is 5.78. The summed E-state index contributed by atoms with van der Waals surface area (Å²) in [6.45, 7) is 1.12. The Bertz CT molecular complexity index is 2470. The number of esters is 2. The smallest absolute Gasteiger partial charge is 0.317 e. The number of amides is 1. The molecule has 15 heteroatoms. The molecule has 1 fully saturated rings. The number of ether oxygens (including phenoxy) is 3. The molecule has 6 rings (SSSR count). The molecule has 1 saturated heterocycles. The highest BCUT2D eigenvalue weighted by atomic mass is 35.5. The minimum absolute atomic E-state index is 0.00499. The first-order valence-electron chi connectivity index (χ1n) is 16.6. The van der Waals surface area contributed by atoms with Gasteiger partial charge < -0.3 is 19.1 Å². The van der Waals surface area contributed by atoms with E-state index in [0.29, 0.717) is 13.1 Å². The molecule has 1 heterocycles. The lowest BCUT2D eigenvalue weighted by Gasteiger charge is -2.17. The lowest BCUT2D eigenvalue weighted by Crippen LogP contribution is -2.27. The van der Waals surface area contributed by atoms with Crippen LogP contribution >= 0.6 is 23.2 Å². The van der Waals surface area contributed by atoms with Crippen LogP contribution in [0.5, 0.6) is 23.0 Å². The van der Waals surface area contributed by atoms with Crippen molar-refractivity contribution >= 4 is 50.9 Å². The molecule has 0 aliphatic carbocycles. The number of nitriles is 1. The molecule has 10 nitrogen and oxygen atoms in total. The van der Waals surface area contributed by atoms with Crippen molar-refractivity contribution in [3.63, 3.8) is 0 Å². The third-order valence-corrected chi connectivity index (χ3v) is 10.6. The van der Waals surface area contributed by atoms with Crippen LogP contribution in [-0.2, 0) is 37.0 Å². The van der Waals surface area contributed by atoms with Gasteiger partial charge in [0.2, 0.25) is 9.84 Å². The minimum atomic E-state index is -4.00. The third-order valence-electron chi connectivity index (χ3n) is 8.32. The zero-order valence-electron chi connectivity index (χ0n) is 28.6. The molecular weight excluding hydrogens is 777 g/mol. The molecule has 0 saturated carbocycles. The lowest BCUT2D eigenvalue weighted by atomic mass is 10.1. The highest BCUT2D eigenvalue weighted by Crippen LogP contribution is 2.34. The van der Waals surface area contributed by atoms with Crippen molar-refractivity contribution in [2.24, 2.45) is 0 Å². The van der Waals surface area contributed by atoms with E-state index in [1.54, 1.807) is 23.1 Å². The van der Waals surface area contributed by atoms with Gasteiger partial charge >= 0.3 is 11.9 Å². The predicted molar refractivity (Wildman–Crippen MR) is 196 cm³/mol. The van der Waals surface area contributed by atoms with E-state index in [2.05, 4.69) is 0 Å². The fraction of sp³-hybridized carbons (Fsp3) is 0.150. The maximum Gasteiger partial charge on any atom is 0.317 e. The summed E-state index contributed by atoms with van der Waals surface area (Å²) < 4.78 is 72.1. The number of carbonyl (C=O) groups excluding carboxylic acids is 3. The number of rotatable bonds is 11. The van der Waals surface area contributed by atoms with Crippen LogP contribution in [0.1, 0.15) is 39.9 Å². The number of sulfone groups is 1. The van der Waals surface area contributed by atoms with E-state index in [1.165, 1.54) is 60.7 Å². The number of nitrogens with zero attached hydrogens (tertiary/aromatic N) is 2. The molecule has 0 radical (unpaired) electrons. The van der Waals surface area contributed by atoms with Crippen LogP contribution in [0.25, 0.3) is 0 Å². The van der Waals surface area contributed by atoms with E-state index in [4.69, 9.17) is 37.4 Å². The van der Waals surface area contributed by atoms with Gasteiger partial charge in [-0.2, -0.15) is 5.26 Å². The second kappa shape index (κ2) is 16.7. The molecule has 0 unspecified atom stereocenters. The second-order valence-corrected chi connectivity index (χ2v) is 15.1. The Kier molecular flexibility index (Phi) is 11.8. The molecule has 1 aliphatic rings. The Morgan fingerprint density at radius 3 is 2.00 bits per heavy atom. The van der Waals surface area contributed by atoms with Crippen molar-refractivity contribution in [2.75, 3.05) is 13.1 Å². The fourth-order valence-corrected chi connectivity index (χ4v) is 7.56. The molecule has 1 aliphatic heterocycles. The van der Waals surface area contributed by atoms with Crippen molar-refractivity contribution in [1.29, 1.82) is 5.26 Å². The number of carbonyl (C=O) groups is 3. The summed E-state index contributed by atoms with van der Waals surface area (Å²) in [7, 11) is -4.00. The van der Waals surface area contributed by atoms with Crippen LogP contribution in [0.3, 0.4) is 0 Å². The summed E-state index contributed by atoms with van der Waals surface area (Å²) in [6, 6.07) is 22.9. The average molecular weight is 806 g/mol. The largest absolute Gasteiger partial charge is 0.454 e. The number of hydrogen-bond acceptors (Lipinski definition) is 9. The van der Waals surface area contributed by atoms with E-state index < -0.39 is 46.3 Å². The van der Waals surface area contributed by atoms with Gasteiger partial charge in [-0.05, 0) is 96.8 Å². The monoisotopic (exact) mass is 804 g/mol. The molecule has 0 bridgehead atoms. The average Bonchev–Trinajstić information content (AvgIpc) is 3.69. The zero-order valence-corrected chi connectivity index (χ0v) is 30.9. The standard InChI is InChI=1S/C40H28Cl2F2N2O8S/c41-27-13-25(15-29(19-27)53-37-22-33(42)32(21-35(37)44)40(49)46-10-4-5-11-46)18-39(48)54-38(47)17-24-12-26(23-45)16-28(14-24)52-36-9-8-31(20-34(36)43)55(50,51)30-6-2-1-3-7-30/h1-3,6-9,12-16,19-22H,4-5,10-11,17-18H2. The molecule has 0 aromatic heterocycles. The number of benzene rings is 5. The predicted octanol–water partition coefficient (Wildman–Crippen LogP) is 8.65. The van der Waals surface area contributed by atoms with Crippen molar-refractivity contribution < 1.29 is 45.8 Å². The molecule has 5 aromatic rings. The molecule has 0 spiro atoms. The Hall–Kier alpha value is -5.81. The zero-order chi connectivity index (χ0) is 39.3. The van der Waals surface area contributed by atoms with E-state index in [9.17, 15) is 28.1 Å². The summed E-state index contributed by atoms with van der Waals surface area (Å²) in [5.74, 6) is -4.78. The molecular formula is C40H28Cl2F2N2O8S. The van der Waals surface area contributed by atoms with Crippen LogP contribution in [0.2, 0.25) is 10.0 Å². The van der Waals surface area contributed by atoms with Gasteiger partial charge in [0.15, 0.2) is 23.1 Å². The van der Waals surface area contributed by atoms with Gasteiger partial charge in [-0.1, -0.05) is 41.4 Å². The number of hydrogen-bond donors (Lipinski definition) is 0. The van der Waals surface area contributed by atoms with Crippen LogP contribution in [0.15, 0.2) is 107 Å². The van der Waals surface area contributed by atoms with Gasteiger partial charge in [-0.15, -0.1) is 0 Å². The normalized spacial score (nSPS) is 12.5. The van der Waals surface area contributed by atoms with Gasteiger partial charge in [-0.25, -0.2) is 17.2 Å². The highest BCUT2D eigenvalue weighted by molar-refractivity contribution is 7.91. The summed E-state index contributed by atoms with van der Waals surface area (Å²) in [6.07, 6.45) is 0.799. The summed E-state index contributed by atoms with van der Waals surface area (Å²) in [4.78, 5) is 39.6. The third kappa shape index (κ3) is 9.47. The maximum absolute atomic E-state index is 15.1. The van der Waals surface area contributed by atoms with E-state index >= 15 is 8.78 Å². The van der Waals surface area contributed by atoms with E-state index in [-0.39, 0.29) is 71.0 Å². The highest BCUT2D eigenvalue weighted by Gasteiger charge is 2.24. The SMILES string of the molecule is N#Cc1cc(CC(=O)OC(=O)Cc2cc(Cl)cc(Oc3cc(Cl)c(C(=O)N4CCCC4)cc3F)c2)cc(Oc2ccc(S(=O)(=O)c3ccccc3)cc2F)c1. The Labute approximate surface area is 324 Å². The maximum atomic E-state index is 15.1. The number of likely N-dealkylation sites (tertiary alicyclic amines) is 1. The molecule has 1 amide bonds. The van der Waals surface area contributed by atoms with E-state index in [1.807, 2.05) is 6.07 Å².